The van der Waals surface area contributed by atoms with Gasteiger partial charge in [-0.05, 0) is 19.4 Å². The molecule has 10 heavy (non-hydrogen) atoms. The van der Waals surface area contributed by atoms with Crippen molar-refractivity contribution in [2.45, 2.75) is 26.4 Å². The van der Waals surface area contributed by atoms with E-state index >= 15 is 0 Å². The lowest BCUT2D eigenvalue weighted by Crippen LogP contribution is -2.16. The molecule has 0 aromatic rings. The molecule has 0 saturated carbocycles. The Morgan fingerprint density at radius 1 is 1.60 bits per heavy atom. The lowest BCUT2D eigenvalue weighted by atomic mass is 9.89. The van der Waals surface area contributed by atoms with E-state index in [1.807, 2.05) is 0 Å². The molecule has 0 aromatic heterocycles. The van der Waals surface area contributed by atoms with Gasteiger partial charge in [0.25, 0.3) is 0 Å². The number of epoxide rings is 1. The Hall–Kier alpha value is -0.720. The molecule has 2 unspecified atom stereocenters. The molecule has 1 heteroatoms. The van der Waals surface area contributed by atoms with Gasteiger partial charge in [0.2, 0.25) is 0 Å². The van der Waals surface area contributed by atoms with E-state index in [1.54, 1.807) is 0 Å². The van der Waals surface area contributed by atoms with Crippen LogP contribution in [0.5, 0.6) is 0 Å². The van der Waals surface area contributed by atoms with Gasteiger partial charge in [-0.2, -0.15) is 0 Å². The number of fused-ring (bicyclic) bond motifs is 1. The molecule has 2 aliphatic rings. The van der Waals surface area contributed by atoms with Crippen molar-refractivity contribution in [2.75, 3.05) is 0 Å². The average molecular weight is 136 g/mol. The highest BCUT2D eigenvalue weighted by molar-refractivity contribution is 5.41. The van der Waals surface area contributed by atoms with Crippen LogP contribution in [0, 0.1) is 5.92 Å². The Kier molecular flexibility index (Phi) is 0.885. The van der Waals surface area contributed by atoms with Gasteiger partial charge < -0.3 is 4.74 Å². The Morgan fingerprint density at radius 3 is 2.90 bits per heavy atom. The normalized spacial score (nSPS) is 42.9. The van der Waals surface area contributed by atoms with Crippen LogP contribution >= 0.6 is 0 Å². The second kappa shape index (κ2) is 1.47. The fraction of sp³-hybridized carbons (Fsp3) is 0.556. The third kappa shape index (κ3) is 0.530. The maximum Gasteiger partial charge on any atom is 0.169 e. The summed E-state index contributed by atoms with van der Waals surface area (Å²) in [5.41, 5.74) is 1.36. The average Bonchev–Trinajstić information content (AvgIpc) is 2.56. The maximum atomic E-state index is 5.51. The summed E-state index contributed by atoms with van der Waals surface area (Å²) in [6, 6.07) is 0. The van der Waals surface area contributed by atoms with E-state index < -0.39 is 0 Å². The first-order valence-corrected chi connectivity index (χ1v) is 3.73. The molecule has 1 heterocycles. The Morgan fingerprint density at radius 2 is 2.30 bits per heavy atom. The third-order valence-electron chi connectivity index (χ3n) is 2.59. The summed E-state index contributed by atoms with van der Waals surface area (Å²) >= 11 is 0. The van der Waals surface area contributed by atoms with Crippen molar-refractivity contribution < 1.29 is 4.74 Å². The molecule has 54 valence electrons. The first kappa shape index (κ1) is 6.02. The van der Waals surface area contributed by atoms with Gasteiger partial charge >= 0.3 is 0 Å². The highest BCUT2D eigenvalue weighted by Gasteiger charge is 2.53. The molecule has 0 aromatic carbocycles. The minimum absolute atomic E-state index is 0.0683. The lowest BCUT2D eigenvalue weighted by molar-refractivity contribution is 0.282. The van der Waals surface area contributed by atoms with E-state index in [0.29, 0.717) is 5.92 Å². The summed E-state index contributed by atoms with van der Waals surface area (Å²) in [4.78, 5) is 0. The maximum absolute atomic E-state index is 5.51. The monoisotopic (exact) mass is 136 g/mol. The van der Waals surface area contributed by atoms with Gasteiger partial charge in [0.05, 0.1) is 0 Å². The fourth-order valence-corrected chi connectivity index (χ4v) is 1.51. The SMILES string of the molecule is CC1=C2OC2(C)C(C)C=C1. The van der Waals surface area contributed by atoms with Crippen LogP contribution in [-0.2, 0) is 4.74 Å². The zero-order chi connectivity index (χ0) is 7.35. The van der Waals surface area contributed by atoms with Crippen LogP contribution in [0.15, 0.2) is 23.5 Å². The smallest absolute Gasteiger partial charge is 0.169 e. The lowest BCUT2D eigenvalue weighted by Gasteiger charge is -2.11. The van der Waals surface area contributed by atoms with Gasteiger partial charge in [0.1, 0.15) is 5.76 Å². The highest BCUT2D eigenvalue weighted by atomic mass is 16.6. The van der Waals surface area contributed by atoms with Crippen LogP contribution in [0.2, 0.25) is 0 Å². The van der Waals surface area contributed by atoms with Crippen LogP contribution in [0.1, 0.15) is 20.8 Å². The quantitative estimate of drug-likeness (QED) is 0.465. The standard InChI is InChI=1S/C9H12O/c1-6-4-5-7(2)9(3)8(6)10-9/h4-5,7H,1-3H3. The van der Waals surface area contributed by atoms with Crippen LogP contribution in [0.4, 0.5) is 0 Å². The van der Waals surface area contributed by atoms with Crippen LogP contribution in [0.25, 0.3) is 0 Å². The van der Waals surface area contributed by atoms with E-state index in [2.05, 4.69) is 32.9 Å². The molecule has 1 nitrogen and oxygen atoms in total. The van der Waals surface area contributed by atoms with Gasteiger partial charge in [-0.1, -0.05) is 19.1 Å². The molecule has 0 bridgehead atoms. The summed E-state index contributed by atoms with van der Waals surface area (Å²) in [6.45, 7) is 6.44. The number of allylic oxidation sites excluding steroid dienone is 2. The molecule has 1 fully saturated rings. The Bertz CT molecular complexity index is 237. The van der Waals surface area contributed by atoms with Crippen LogP contribution < -0.4 is 0 Å². The summed E-state index contributed by atoms with van der Waals surface area (Å²) in [6.07, 6.45) is 4.36. The van der Waals surface area contributed by atoms with Crippen LogP contribution in [0.3, 0.4) is 0 Å². The molecular formula is C9H12O. The van der Waals surface area contributed by atoms with Crippen molar-refractivity contribution >= 4 is 0 Å². The third-order valence-corrected chi connectivity index (χ3v) is 2.59. The Labute approximate surface area is 61.4 Å². The molecular weight excluding hydrogens is 124 g/mol. The molecule has 1 aliphatic carbocycles. The molecule has 1 aliphatic heterocycles. The van der Waals surface area contributed by atoms with E-state index in [-0.39, 0.29) is 5.60 Å². The molecule has 0 radical (unpaired) electrons. The summed E-state index contributed by atoms with van der Waals surface area (Å²) in [5, 5.41) is 0. The molecule has 0 amide bonds. The number of rotatable bonds is 0. The van der Waals surface area contributed by atoms with E-state index in [4.69, 9.17) is 4.74 Å². The van der Waals surface area contributed by atoms with Crippen molar-refractivity contribution in [3.63, 3.8) is 0 Å². The summed E-state index contributed by atoms with van der Waals surface area (Å²) in [5.74, 6) is 1.74. The van der Waals surface area contributed by atoms with Crippen molar-refractivity contribution in [2.24, 2.45) is 5.92 Å². The second-order valence-electron chi connectivity index (χ2n) is 3.37. The second-order valence-corrected chi connectivity index (χ2v) is 3.37. The Balaban J connectivity index is 2.41. The van der Waals surface area contributed by atoms with E-state index in [9.17, 15) is 0 Å². The topological polar surface area (TPSA) is 12.5 Å². The summed E-state index contributed by atoms with van der Waals surface area (Å²) in [7, 11) is 0. The summed E-state index contributed by atoms with van der Waals surface area (Å²) < 4.78 is 5.51. The predicted molar refractivity (Wildman–Crippen MR) is 40.5 cm³/mol. The molecule has 2 atom stereocenters. The van der Waals surface area contributed by atoms with Gasteiger partial charge in [0, 0.05) is 5.92 Å². The largest absolute Gasteiger partial charge is 0.479 e. The first-order chi connectivity index (χ1) is 4.64. The van der Waals surface area contributed by atoms with Gasteiger partial charge in [0.15, 0.2) is 5.60 Å². The van der Waals surface area contributed by atoms with Crippen molar-refractivity contribution in [3.8, 4) is 0 Å². The number of hydrogen-bond acceptors (Lipinski definition) is 1. The first-order valence-electron chi connectivity index (χ1n) is 3.73. The van der Waals surface area contributed by atoms with Crippen LogP contribution in [-0.4, -0.2) is 5.60 Å². The minimum atomic E-state index is 0.0683. The molecule has 2 rings (SSSR count). The number of hydrogen-bond donors (Lipinski definition) is 0. The highest BCUT2D eigenvalue weighted by Crippen LogP contribution is 2.51. The molecule has 0 spiro atoms. The van der Waals surface area contributed by atoms with Gasteiger partial charge in [-0.3, -0.25) is 0 Å². The van der Waals surface area contributed by atoms with Gasteiger partial charge in [-0.25, -0.2) is 0 Å². The van der Waals surface area contributed by atoms with Crippen molar-refractivity contribution in [1.29, 1.82) is 0 Å². The minimum Gasteiger partial charge on any atom is -0.479 e. The van der Waals surface area contributed by atoms with Gasteiger partial charge in [-0.15, -0.1) is 0 Å². The fourth-order valence-electron chi connectivity index (χ4n) is 1.51. The zero-order valence-electron chi connectivity index (χ0n) is 6.64. The number of ether oxygens (including phenoxy) is 1. The van der Waals surface area contributed by atoms with Crippen molar-refractivity contribution in [3.05, 3.63) is 23.5 Å². The zero-order valence-corrected chi connectivity index (χ0v) is 6.64. The van der Waals surface area contributed by atoms with Crippen molar-refractivity contribution in [1.82, 2.24) is 0 Å². The van der Waals surface area contributed by atoms with E-state index in [1.165, 1.54) is 11.3 Å². The molecule has 0 N–H and O–H groups in total. The predicted octanol–water partition coefficient (Wildman–Crippen LogP) is 2.26. The van der Waals surface area contributed by atoms with E-state index in [0.717, 1.165) is 0 Å². The molecule has 1 saturated heterocycles.